The van der Waals surface area contributed by atoms with Gasteiger partial charge in [-0.2, -0.15) is 5.26 Å². The Bertz CT molecular complexity index is 761. The molecule has 0 aliphatic carbocycles. The van der Waals surface area contributed by atoms with Gasteiger partial charge in [-0.1, -0.05) is 12.8 Å². The number of nitrogens with one attached hydrogen (secondary N) is 1. The van der Waals surface area contributed by atoms with Gasteiger partial charge in [-0.05, 0) is 42.5 Å². The molecular formula is C18H20N2O3S. The summed E-state index contributed by atoms with van der Waals surface area (Å²) in [7, 11) is 1.40. The fourth-order valence-corrected chi connectivity index (χ4v) is 3.32. The van der Waals surface area contributed by atoms with E-state index < -0.39 is 0 Å². The number of esters is 1. The minimum Gasteiger partial charge on any atom is -0.469 e. The Kier molecular flexibility index (Phi) is 6.76. The van der Waals surface area contributed by atoms with Crippen molar-refractivity contribution >= 4 is 33.3 Å². The highest BCUT2D eigenvalue weighted by Crippen LogP contribution is 2.26. The second kappa shape index (κ2) is 9.04. The molecule has 2 rings (SSSR count). The first kappa shape index (κ1) is 18.0. The topological polar surface area (TPSA) is 79.2 Å². The third kappa shape index (κ3) is 5.07. The highest BCUT2D eigenvalue weighted by atomic mass is 32.1. The molecule has 0 aliphatic rings. The predicted octanol–water partition coefficient (Wildman–Crippen LogP) is 3.63. The number of benzene rings is 1. The maximum Gasteiger partial charge on any atom is 0.305 e. The van der Waals surface area contributed by atoms with Crippen LogP contribution in [-0.2, 0) is 9.53 Å². The summed E-state index contributed by atoms with van der Waals surface area (Å²) in [6.07, 6.45) is 4.07. The molecule has 1 amide bonds. The molecule has 6 heteroatoms. The van der Waals surface area contributed by atoms with E-state index in [4.69, 9.17) is 5.26 Å². The van der Waals surface area contributed by atoms with Crippen molar-refractivity contribution < 1.29 is 14.3 Å². The number of thiophene rings is 1. The zero-order chi connectivity index (χ0) is 17.4. The molecule has 0 saturated heterocycles. The Balaban J connectivity index is 1.73. The molecule has 1 N–H and O–H groups in total. The molecule has 0 unspecified atom stereocenters. The lowest BCUT2D eigenvalue weighted by molar-refractivity contribution is -0.140. The number of hydrogen-bond acceptors (Lipinski definition) is 5. The maximum atomic E-state index is 12.2. The van der Waals surface area contributed by atoms with E-state index in [0.717, 1.165) is 35.8 Å². The summed E-state index contributed by atoms with van der Waals surface area (Å²) >= 11 is 1.43. The molecule has 126 valence electrons. The zero-order valence-corrected chi connectivity index (χ0v) is 14.4. The summed E-state index contributed by atoms with van der Waals surface area (Å²) in [4.78, 5) is 23.8. The quantitative estimate of drug-likeness (QED) is 0.586. The van der Waals surface area contributed by atoms with Crippen LogP contribution in [0.1, 0.15) is 47.3 Å². The van der Waals surface area contributed by atoms with Crippen LogP contribution in [0.25, 0.3) is 10.1 Å². The highest BCUT2D eigenvalue weighted by molar-refractivity contribution is 7.20. The van der Waals surface area contributed by atoms with Crippen LogP contribution in [0, 0.1) is 11.3 Å². The van der Waals surface area contributed by atoms with Gasteiger partial charge in [0.05, 0.1) is 23.6 Å². The fraction of sp³-hybridized carbons (Fsp3) is 0.389. The largest absolute Gasteiger partial charge is 0.469 e. The van der Waals surface area contributed by atoms with Gasteiger partial charge in [-0.25, -0.2) is 0 Å². The Morgan fingerprint density at radius 2 is 2.00 bits per heavy atom. The summed E-state index contributed by atoms with van der Waals surface area (Å²) in [5.74, 6) is -0.253. The number of amides is 1. The molecule has 0 atom stereocenters. The number of hydrogen-bond donors (Lipinski definition) is 1. The lowest BCUT2D eigenvalue weighted by Gasteiger charge is -2.03. The van der Waals surface area contributed by atoms with E-state index in [-0.39, 0.29) is 11.9 Å². The van der Waals surface area contributed by atoms with E-state index in [9.17, 15) is 9.59 Å². The first-order valence-corrected chi connectivity index (χ1v) is 8.74. The number of carbonyl (C=O) groups excluding carboxylic acids is 2. The van der Waals surface area contributed by atoms with Gasteiger partial charge >= 0.3 is 5.97 Å². The maximum absolute atomic E-state index is 12.2. The molecule has 2 aromatic rings. The van der Waals surface area contributed by atoms with E-state index in [2.05, 4.69) is 16.1 Å². The van der Waals surface area contributed by atoms with Crippen molar-refractivity contribution in [2.75, 3.05) is 13.7 Å². The summed E-state index contributed by atoms with van der Waals surface area (Å²) in [5, 5.41) is 12.7. The predicted molar refractivity (Wildman–Crippen MR) is 94.0 cm³/mol. The second-order valence-corrected chi connectivity index (χ2v) is 6.56. The molecule has 24 heavy (non-hydrogen) atoms. The summed E-state index contributed by atoms with van der Waals surface area (Å²) in [6.45, 7) is 0.620. The number of nitrogens with zero attached hydrogens (tertiary/aromatic N) is 1. The Morgan fingerprint density at radius 1 is 1.21 bits per heavy atom. The summed E-state index contributed by atoms with van der Waals surface area (Å²) in [5.41, 5.74) is 0.596. The van der Waals surface area contributed by atoms with Gasteiger partial charge in [-0.3, -0.25) is 9.59 Å². The number of nitriles is 1. The second-order valence-electron chi connectivity index (χ2n) is 5.47. The third-order valence-electron chi connectivity index (χ3n) is 3.69. The molecule has 1 aromatic heterocycles. The number of fused-ring (bicyclic) bond motifs is 1. The van der Waals surface area contributed by atoms with E-state index in [1.807, 2.05) is 12.1 Å². The van der Waals surface area contributed by atoms with Crippen LogP contribution in [-0.4, -0.2) is 25.5 Å². The first-order chi connectivity index (χ1) is 11.6. The number of ether oxygens (including phenoxy) is 1. The lowest BCUT2D eigenvalue weighted by Crippen LogP contribution is -2.23. The van der Waals surface area contributed by atoms with E-state index in [1.54, 1.807) is 12.1 Å². The minimum absolute atomic E-state index is 0.0794. The molecule has 0 fully saturated rings. The number of carbonyl (C=O) groups is 2. The summed E-state index contributed by atoms with van der Waals surface area (Å²) in [6, 6.07) is 9.35. The Morgan fingerprint density at radius 3 is 2.75 bits per heavy atom. The van der Waals surface area contributed by atoms with Crippen LogP contribution >= 0.6 is 11.3 Å². The van der Waals surface area contributed by atoms with Crippen molar-refractivity contribution in [2.24, 2.45) is 0 Å². The van der Waals surface area contributed by atoms with Gasteiger partial charge in [0.25, 0.3) is 5.91 Å². The van der Waals surface area contributed by atoms with Gasteiger partial charge in [0, 0.05) is 17.7 Å². The average Bonchev–Trinajstić information content (AvgIpc) is 3.03. The lowest BCUT2D eigenvalue weighted by atomic mass is 10.1. The van der Waals surface area contributed by atoms with Gasteiger partial charge in [0.2, 0.25) is 0 Å². The van der Waals surface area contributed by atoms with Crippen molar-refractivity contribution in [2.45, 2.75) is 32.1 Å². The van der Waals surface area contributed by atoms with E-state index in [1.165, 1.54) is 18.4 Å². The average molecular weight is 344 g/mol. The molecule has 0 bridgehead atoms. The van der Waals surface area contributed by atoms with Crippen LogP contribution < -0.4 is 5.32 Å². The number of methoxy groups -OCH3 is 1. The molecule has 0 aliphatic heterocycles. The molecular weight excluding hydrogens is 324 g/mol. The number of unbranched alkanes of at least 4 members (excludes halogenated alkanes) is 3. The van der Waals surface area contributed by atoms with Gasteiger partial charge < -0.3 is 10.1 Å². The first-order valence-electron chi connectivity index (χ1n) is 7.92. The monoisotopic (exact) mass is 344 g/mol. The fourth-order valence-electron chi connectivity index (χ4n) is 2.36. The van der Waals surface area contributed by atoms with Crippen molar-refractivity contribution in [3.63, 3.8) is 0 Å². The SMILES string of the molecule is COC(=O)CCCCCCNC(=O)c1cc2cc(C#N)ccc2s1. The smallest absolute Gasteiger partial charge is 0.305 e. The van der Waals surface area contributed by atoms with Gasteiger partial charge in [0.1, 0.15) is 0 Å². The molecule has 5 nitrogen and oxygen atoms in total. The highest BCUT2D eigenvalue weighted by Gasteiger charge is 2.10. The van der Waals surface area contributed by atoms with Crippen LogP contribution in [0.2, 0.25) is 0 Å². The molecule has 1 aromatic carbocycles. The van der Waals surface area contributed by atoms with Crippen molar-refractivity contribution in [3.8, 4) is 6.07 Å². The minimum atomic E-state index is -0.174. The molecule has 0 radical (unpaired) electrons. The van der Waals surface area contributed by atoms with Gasteiger partial charge in [-0.15, -0.1) is 11.3 Å². The van der Waals surface area contributed by atoms with E-state index in [0.29, 0.717) is 23.4 Å². The van der Waals surface area contributed by atoms with Crippen LogP contribution in [0.3, 0.4) is 0 Å². The molecule has 1 heterocycles. The number of rotatable bonds is 8. The molecule has 0 saturated carbocycles. The Labute approximate surface area is 145 Å². The normalized spacial score (nSPS) is 10.3. The molecule has 0 spiro atoms. The zero-order valence-electron chi connectivity index (χ0n) is 13.6. The Hall–Kier alpha value is -2.39. The van der Waals surface area contributed by atoms with Crippen molar-refractivity contribution in [1.82, 2.24) is 5.32 Å². The van der Waals surface area contributed by atoms with E-state index >= 15 is 0 Å². The van der Waals surface area contributed by atoms with Crippen LogP contribution in [0.15, 0.2) is 24.3 Å². The van der Waals surface area contributed by atoms with Crippen LogP contribution in [0.5, 0.6) is 0 Å². The van der Waals surface area contributed by atoms with Gasteiger partial charge in [0.15, 0.2) is 0 Å². The summed E-state index contributed by atoms with van der Waals surface area (Å²) < 4.78 is 5.59. The van der Waals surface area contributed by atoms with Crippen molar-refractivity contribution in [1.29, 1.82) is 5.26 Å². The van der Waals surface area contributed by atoms with Crippen LogP contribution in [0.4, 0.5) is 0 Å². The third-order valence-corrected chi connectivity index (χ3v) is 4.80. The van der Waals surface area contributed by atoms with Crippen molar-refractivity contribution in [3.05, 3.63) is 34.7 Å². The standard InChI is InChI=1S/C18H20N2O3S/c1-23-17(21)6-4-2-3-5-9-20-18(22)16-11-14-10-13(12-19)7-8-15(14)24-16/h7-8,10-11H,2-6,9H2,1H3,(H,20,22).